The van der Waals surface area contributed by atoms with E-state index in [4.69, 9.17) is 0 Å². The number of carbonyl (C=O) groups excluding carboxylic acids is 1. The van der Waals surface area contributed by atoms with Gasteiger partial charge in [0, 0.05) is 23.1 Å². The summed E-state index contributed by atoms with van der Waals surface area (Å²) in [6.45, 7) is 2.57. The number of fused-ring (bicyclic) bond motifs is 1. The van der Waals surface area contributed by atoms with E-state index in [0.717, 1.165) is 30.5 Å². The highest BCUT2D eigenvalue weighted by atomic mass is 16.4. The summed E-state index contributed by atoms with van der Waals surface area (Å²) in [6, 6.07) is 8.14. The molecule has 0 bridgehead atoms. The number of carboxylic acid groups (broad SMARTS) is 1. The van der Waals surface area contributed by atoms with E-state index in [1.165, 1.54) is 10.9 Å². The van der Waals surface area contributed by atoms with E-state index in [2.05, 4.69) is 16.4 Å². The van der Waals surface area contributed by atoms with Crippen molar-refractivity contribution in [2.24, 2.45) is 11.8 Å². The molecule has 1 aliphatic rings. The molecule has 3 N–H and O–H groups in total. The number of benzene rings is 1. The van der Waals surface area contributed by atoms with E-state index in [1.807, 2.05) is 25.1 Å². The minimum atomic E-state index is -0.845. The van der Waals surface area contributed by atoms with E-state index < -0.39 is 11.9 Å². The quantitative estimate of drug-likeness (QED) is 0.789. The number of amides is 1. The van der Waals surface area contributed by atoms with Gasteiger partial charge in [0.2, 0.25) is 5.91 Å². The van der Waals surface area contributed by atoms with Gasteiger partial charge >= 0.3 is 5.97 Å². The number of aliphatic carboxylic acids is 1. The van der Waals surface area contributed by atoms with Gasteiger partial charge in [-0.1, -0.05) is 31.0 Å². The first-order valence-corrected chi connectivity index (χ1v) is 8.64. The molecule has 2 atom stereocenters. The van der Waals surface area contributed by atoms with Crippen molar-refractivity contribution in [3.63, 3.8) is 0 Å². The number of para-hydroxylation sites is 1. The highest BCUT2D eigenvalue weighted by molar-refractivity contribution is 5.86. The van der Waals surface area contributed by atoms with E-state index in [-0.39, 0.29) is 11.8 Å². The van der Waals surface area contributed by atoms with Crippen LogP contribution in [-0.2, 0) is 16.0 Å². The van der Waals surface area contributed by atoms with Gasteiger partial charge in [-0.3, -0.25) is 9.59 Å². The lowest BCUT2D eigenvalue weighted by atomic mass is 9.78. The predicted molar refractivity (Wildman–Crippen MR) is 92.8 cm³/mol. The number of carboxylic acids is 1. The van der Waals surface area contributed by atoms with Crippen molar-refractivity contribution in [2.45, 2.75) is 39.0 Å². The maximum absolute atomic E-state index is 12.4. The van der Waals surface area contributed by atoms with Crippen LogP contribution in [0.25, 0.3) is 10.9 Å². The Labute approximate surface area is 141 Å². The van der Waals surface area contributed by atoms with Crippen LogP contribution >= 0.6 is 0 Å². The van der Waals surface area contributed by atoms with Crippen LogP contribution in [0, 0.1) is 18.8 Å². The molecule has 1 aromatic carbocycles. The first-order chi connectivity index (χ1) is 11.6. The van der Waals surface area contributed by atoms with Crippen molar-refractivity contribution in [1.82, 2.24) is 10.3 Å². The van der Waals surface area contributed by atoms with Gasteiger partial charge in [0.1, 0.15) is 0 Å². The van der Waals surface area contributed by atoms with Crippen LogP contribution in [0.1, 0.15) is 36.9 Å². The van der Waals surface area contributed by atoms with Gasteiger partial charge in [-0.15, -0.1) is 0 Å². The molecule has 24 heavy (non-hydrogen) atoms. The second-order valence-electron chi connectivity index (χ2n) is 6.65. The zero-order valence-electron chi connectivity index (χ0n) is 14.0. The minimum Gasteiger partial charge on any atom is -0.481 e. The van der Waals surface area contributed by atoms with E-state index in [1.54, 1.807) is 0 Å². The number of aromatic amines is 1. The average molecular weight is 328 g/mol. The van der Waals surface area contributed by atoms with Crippen molar-refractivity contribution in [3.05, 3.63) is 35.5 Å². The number of nitrogens with one attached hydrogen (secondary N) is 2. The maximum Gasteiger partial charge on any atom is 0.307 e. The Morgan fingerprint density at radius 2 is 1.92 bits per heavy atom. The molecular weight excluding hydrogens is 304 g/mol. The van der Waals surface area contributed by atoms with Gasteiger partial charge < -0.3 is 15.4 Å². The van der Waals surface area contributed by atoms with Crippen LogP contribution in [0.3, 0.4) is 0 Å². The van der Waals surface area contributed by atoms with E-state index >= 15 is 0 Å². The van der Waals surface area contributed by atoms with Gasteiger partial charge in [0.25, 0.3) is 0 Å². The van der Waals surface area contributed by atoms with Crippen molar-refractivity contribution >= 4 is 22.8 Å². The predicted octanol–water partition coefficient (Wildman–Crippen LogP) is 3.03. The topological polar surface area (TPSA) is 82.2 Å². The van der Waals surface area contributed by atoms with Crippen LogP contribution in [-0.4, -0.2) is 28.5 Å². The summed E-state index contributed by atoms with van der Waals surface area (Å²) in [4.78, 5) is 27.1. The molecule has 1 fully saturated rings. The summed E-state index contributed by atoms with van der Waals surface area (Å²) < 4.78 is 0. The molecule has 1 heterocycles. The molecule has 3 rings (SSSR count). The maximum atomic E-state index is 12.4. The largest absolute Gasteiger partial charge is 0.481 e. The molecule has 2 aromatic rings. The lowest BCUT2D eigenvalue weighted by molar-refractivity contribution is -0.148. The number of hydrogen-bond donors (Lipinski definition) is 3. The van der Waals surface area contributed by atoms with Crippen molar-refractivity contribution in [3.8, 4) is 0 Å². The molecule has 1 amide bonds. The summed E-state index contributed by atoms with van der Waals surface area (Å²) in [5, 5.41) is 13.4. The van der Waals surface area contributed by atoms with Gasteiger partial charge in [-0.25, -0.2) is 0 Å². The highest BCUT2D eigenvalue weighted by Gasteiger charge is 2.35. The number of carbonyl (C=O) groups is 2. The van der Waals surface area contributed by atoms with Crippen LogP contribution in [0.5, 0.6) is 0 Å². The third kappa shape index (κ3) is 3.30. The number of aryl methyl sites for hydroxylation is 1. The fourth-order valence-electron chi connectivity index (χ4n) is 3.84. The monoisotopic (exact) mass is 328 g/mol. The van der Waals surface area contributed by atoms with Crippen LogP contribution < -0.4 is 5.32 Å². The second-order valence-corrected chi connectivity index (χ2v) is 6.65. The number of aromatic nitrogens is 1. The summed E-state index contributed by atoms with van der Waals surface area (Å²) in [6.07, 6.45) is 3.86. The Bertz CT molecular complexity index is 750. The molecule has 1 aliphatic carbocycles. The standard InChI is InChI=1S/C19H24N2O3/c1-12-13(14-6-4-5-9-17(14)21-12)10-11-20-18(22)15-7-2-3-8-16(15)19(23)24/h4-6,9,15-16,21H,2-3,7-8,10-11H2,1H3,(H,20,22)(H,23,24). The summed E-state index contributed by atoms with van der Waals surface area (Å²) >= 11 is 0. The third-order valence-corrected chi connectivity index (χ3v) is 5.12. The van der Waals surface area contributed by atoms with Crippen LogP contribution in [0.2, 0.25) is 0 Å². The molecule has 1 aromatic heterocycles. The van der Waals surface area contributed by atoms with Crippen LogP contribution in [0.15, 0.2) is 24.3 Å². The highest BCUT2D eigenvalue weighted by Crippen LogP contribution is 2.30. The Morgan fingerprint density at radius 1 is 1.21 bits per heavy atom. The molecule has 5 heteroatoms. The lowest BCUT2D eigenvalue weighted by Gasteiger charge is -2.27. The smallest absolute Gasteiger partial charge is 0.307 e. The average Bonchev–Trinajstić information content (AvgIpc) is 2.90. The molecule has 128 valence electrons. The minimum absolute atomic E-state index is 0.111. The zero-order valence-corrected chi connectivity index (χ0v) is 14.0. The van der Waals surface area contributed by atoms with Crippen molar-refractivity contribution in [2.75, 3.05) is 6.54 Å². The zero-order chi connectivity index (χ0) is 17.1. The molecule has 5 nitrogen and oxygen atoms in total. The molecule has 0 spiro atoms. The third-order valence-electron chi connectivity index (χ3n) is 5.12. The van der Waals surface area contributed by atoms with E-state index in [9.17, 15) is 14.7 Å². The van der Waals surface area contributed by atoms with Gasteiger partial charge in [-0.2, -0.15) is 0 Å². The summed E-state index contributed by atoms with van der Waals surface area (Å²) in [5.74, 6) is -1.88. The second kappa shape index (κ2) is 7.07. The van der Waals surface area contributed by atoms with Crippen LogP contribution in [0.4, 0.5) is 0 Å². The lowest BCUT2D eigenvalue weighted by Crippen LogP contribution is -2.40. The Balaban J connectivity index is 1.62. The summed E-state index contributed by atoms with van der Waals surface area (Å²) in [7, 11) is 0. The normalized spacial score (nSPS) is 20.9. The molecule has 0 saturated heterocycles. The molecule has 1 saturated carbocycles. The SMILES string of the molecule is Cc1[nH]c2ccccc2c1CCNC(=O)C1CCCCC1C(=O)O. The van der Waals surface area contributed by atoms with Crippen molar-refractivity contribution in [1.29, 1.82) is 0 Å². The van der Waals surface area contributed by atoms with Gasteiger partial charge in [0.15, 0.2) is 0 Å². The Hall–Kier alpha value is -2.30. The van der Waals surface area contributed by atoms with Gasteiger partial charge in [0.05, 0.1) is 11.8 Å². The molecular formula is C19H24N2O3. The summed E-state index contributed by atoms with van der Waals surface area (Å²) in [5.41, 5.74) is 3.44. The first-order valence-electron chi connectivity index (χ1n) is 8.64. The van der Waals surface area contributed by atoms with Crippen molar-refractivity contribution < 1.29 is 14.7 Å². The number of hydrogen-bond acceptors (Lipinski definition) is 2. The number of rotatable bonds is 5. The Kier molecular flexibility index (Phi) is 4.88. The molecule has 2 unspecified atom stereocenters. The van der Waals surface area contributed by atoms with Gasteiger partial charge in [-0.05, 0) is 37.8 Å². The Morgan fingerprint density at radius 3 is 2.67 bits per heavy atom. The fourth-order valence-corrected chi connectivity index (χ4v) is 3.84. The fraction of sp³-hybridized carbons (Fsp3) is 0.474. The molecule has 0 radical (unpaired) electrons. The van der Waals surface area contributed by atoms with E-state index in [0.29, 0.717) is 19.4 Å². The first kappa shape index (κ1) is 16.6. The number of H-pyrrole nitrogens is 1. The molecule has 0 aliphatic heterocycles.